The molecule has 0 aliphatic heterocycles. The second-order valence-corrected chi connectivity index (χ2v) is 6.95. The second-order valence-electron chi connectivity index (χ2n) is 6.51. The van der Waals surface area contributed by atoms with Gasteiger partial charge in [-0.05, 0) is 24.3 Å². The van der Waals surface area contributed by atoms with Crippen molar-refractivity contribution < 1.29 is 4.74 Å². The molecular formula is C20H15ClN8O. The zero-order chi connectivity index (χ0) is 20.7. The van der Waals surface area contributed by atoms with Crippen molar-refractivity contribution in [1.29, 1.82) is 0 Å². The Morgan fingerprint density at radius 3 is 2.77 bits per heavy atom. The summed E-state index contributed by atoms with van der Waals surface area (Å²) in [6, 6.07) is 9.27. The first-order valence-electron chi connectivity index (χ1n) is 8.99. The van der Waals surface area contributed by atoms with Gasteiger partial charge in [-0.2, -0.15) is 4.98 Å². The number of ether oxygens (including phenoxy) is 1. The van der Waals surface area contributed by atoms with Gasteiger partial charge in [-0.1, -0.05) is 11.6 Å². The van der Waals surface area contributed by atoms with E-state index in [-0.39, 0.29) is 0 Å². The maximum atomic E-state index is 6.22. The smallest absolute Gasteiger partial charge is 0.257 e. The van der Waals surface area contributed by atoms with Gasteiger partial charge in [-0.15, -0.1) is 10.2 Å². The lowest BCUT2D eigenvalue weighted by molar-refractivity contribution is 0.398. The molecule has 0 bridgehead atoms. The Labute approximate surface area is 176 Å². The van der Waals surface area contributed by atoms with Crippen LogP contribution in [0.4, 0.5) is 11.6 Å². The fourth-order valence-electron chi connectivity index (χ4n) is 3.20. The van der Waals surface area contributed by atoms with Gasteiger partial charge in [0.15, 0.2) is 5.82 Å². The molecule has 10 heteroatoms. The van der Waals surface area contributed by atoms with Gasteiger partial charge in [0, 0.05) is 35.3 Å². The monoisotopic (exact) mass is 418 g/mol. The lowest BCUT2D eigenvalue weighted by atomic mass is 10.2. The fraction of sp³-hybridized carbons (Fsp3) is 0.100. The maximum Gasteiger partial charge on any atom is 0.257 e. The molecule has 1 aromatic carbocycles. The van der Waals surface area contributed by atoms with Crippen molar-refractivity contribution in [2.75, 3.05) is 19.1 Å². The van der Waals surface area contributed by atoms with Crippen LogP contribution in [0.15, 0.2) is 55.2 Å². The maximum absolute atomic E-state index is 6.22. The topological polar surface area (TPSA) is 94.2 Å². The van der Waals surface area contributed by atoms with Gasteiger partial charge in [-0.25, -0.2) is 9.97 Å². The third-order valence-electron chi connectivity index (χ3n) is 4.72. The van der Waals surface area contributed by atoms with Gasteiger partial charge < -0.3 is 9.64 Å². The highest BCUT2D eigenvalue weighted by atomic mass is 35.5. The van der Waals surface area contributed by atoms with Crippen LogP contribution >= 0.6 is 11.6 Å². The highest BCUT2D eigenvalue weighted by Gasteiger charge is 2.16. The van der Waals surface area contributed by atoms with Crippen LogP contribution in [0, 0.1) is 0 Å². The normalized spacial score (nSPS) is 11.2. The molecule has 0 aliphatic rings. The molecule has 30 heavy (non-hydrogen) atoms. The number of nitrogens with zero attached hydrogens (tertiary/aromatic N) is 8. The van der Waals surface area contributed by atoms with Gasteiger partial charge in [0.25, 0.3) is 5.78 Å². The van der Waals surface area contributed by atoms with E-state index >= 15 is 0 Å². The molecule has 0 atom stereocenters. The first kappa shape index (κ1) is 18.2. The Morgan fingerprint density at radius 1 is 1.07 bits per heavy atom. The Bertz CT molecular complexity index is 1370. The van der Waals surface area contributed by atoms with Crippen molar-refractivity contribution in [1.82, 2.24) is 34.5 Å². The summed E-state index contributed by atoms with van der Waals surface area (Å²) >= 11 is 6.22. The summed E-state index contributed by atoms with van der Waals surface area (Å²) in [5.41, 5.74) is 2.37. The Hall–Kier alpha value is -3.85. The predicted octanol–water partition coefficient (Wildman–Crippen LogP) is 3.56. The van der Waals surface area contributed by atoms with Crippen LogP contribution in [-0.2, 0) is 0 Å². The van der Waals surface area contributed by atoms with Crippen molar-refractivity contribution in [2.45, 2.75) is 0 Å². The number of halogens is 1. The van der Waals surface area contributed by atoms with E-state index in [2.05, 4.69) is 25.1 Å². The fourth-order valence-corrected chi connectivity index (χ4v) is 3.36. The van der Waals surface area contributed by atoms with Crippen molar-refractivity contribution >= 4 is 39.9 Å². The standard InChI is InChI=1S/C20H15ClN8O/c1-28(17-10-22-9-15(25-17)12-3-6-18(30-2)23-8-12)19-14-5-4-13(21)7-16(14)29-11-24-27-20(29)26-19/h3-11H,1-2H3. The van der Waals surface area contributed by atoms with E-state index in [0.29, 0.717) is 34.0 Å². The third-order valence-corrected chi connectivity index (χ3v) is 4.96. The summed E-state index contributed by atoms with van der Waals surface area (Å²) in [6.07, 6.45) is 6.68. The van der Waals surface area contributed by atoms with Crippen molar-refractivity contribution in [2.24, 2.45) is 0 Å². The van der Waals surface area contributed by atoms with Crippen LogP contribution < -0.4 is 9.64 Å². The summed E-state index contributed by atoms with van der Waals surface area (Å²) in [5, 5.41) is 9.56. The van der Waals surface area contributed by atoms with Crippen LogP contribution in [0.5, 0.6) is 5.88 Å². The minimum absolute atomic E-state index is 0.468. The number of pyridine rings is 1. The van der Waals surface area contributed by atoms with E-state index in [4.69, 9.17) is 21.3 Å². The molecule has 0 unspecified atom stereocenters. The quantitative estimate of drug-likeness (QED) is 0.437. The van der Waals surface area contributed by atoms with Crippen LogP contribution in [0.2, 0.25) is 5.02 Å². The number of anilines is 2. The largest absolute Gasteiger partial charge is 0.481 e. The summed E-state index contributed by atoms with van der Waals surface area (Å²) in [7, 11) is 3.46. The van der Waals surface area contributed by atoms with Crippen molar-refractivity contribution in [3.8, 4) is 17.1 Å². The molecule has 5 rings (SSSR count). The molecule has 5 aromatic rings. The van der Waals surface area contributed by atoms with Crippen LogP contribution in [0.3, 0.4) is 0 Å². The van der Waals surface area contributed by atoms with Gasteiger partial charge in [0.2, 0.25) is 5.88 Å². The van der Waals surface area contributed by atoms with E-state index in [0.717, 1.165) is 16.5 Å². The molecule has 0 N–H and O–H groups in total. The SMILES string of the molecule is COc1ccc(-c2cncc(N(C)c3nc4nncn4c4cc(Cl)ccc34)n2)cn1. The summed E-state index contributed by atoms with van der Waals surface area (Å²) in [6.45, 7) is 0. The average molecular weight is 419 g/mol. The molecule has 0 saturated carbocycles. The Kier molecular flexibility index (Phi) is 4.36. The number of hydrogen-bond donors (Lipinski definition) is 0. The highest BCUT2D eigenvalue weighted by molar-refractivity contribution is 6.31. The highest BCUT2D eigenvalue weighted by Crippen LogP contribution is 2.31. The summed E-state index contributed by atoms with van der Waals surface area (Å²) < 4.78 is 6.91. The van der Waals surface area contributed by atoms with Gasteiger partial charge in [0.1, 0.15) is 12.1 Å². The summed E-state index contributed by atoms with van der Waals surface area (Å²) in [5.74, 6) is 2.29. The molecule has 9 nitrogen and oxygen atoms in total. The van der Waals surface area contributed by atoms with E-state index in [1.54, 1.807) is 42.5 Å². The first-order chi connectivity index (χ1) is 14.6. The lowest BCUT2D eigenvalue weighted by Gasteiger charge is -2.19. The zero-order valence-electron chi connectivity index (χ0n) is 16.1. The molecule has 0 spiro atoms. The number of hydrogen-bond acceptors (Lipinski definition) is 8. The Morgan fingerprint density at radius 2 is 1.97 bits per heavy atom. The number of aromatic nitrogens is 7. The van der Waals surface area contributed by atoms with Crippen molar-refractivity contribution in [3.05, 3.63) is 60.3 Å². The van der Waals surface area contributed by atoms with E-state index < -0.39 is 0 Å². The van der Waals surface area contributed by atoms with Crippen LogP contribution in [0.1, 0.15) is 0 Å². The third kappa shape index (κ3) is 3.05. The van der Waals surface area contributed by atoms with E-state index in [1.165, 1.54) is 0 Å². The number of methoxy groups -OCH3 is 1. The number of rotatable bonds is 4. The van der Waals surface area contributed by atoms with Crippen molar-refractivity contribution in [3.63, 3.8) is 0 Å². The molecule has 0 amide bonds. The van der Waals surface area contributed by atoms with E-state index in [9.17, 15) is 0 Å². The predicted molar refractivity (Wildman–Crippen MR) is 113 cm³/mol. The molecule has 0 aliphatic carbocycles. The molecule has 4 heterocycles. The Balaban J connectivity index is 1.62. The second kappa shape index (κ2) is 7.20. The molecule has 0 saturated heterocycles. The van der Waals surface area contributed by atoms with Gasteiger partial charge >= 0.3 is 0 Å². The first-order valence-corrected chi connectivity index (χ1v) is 9.37. The average Bonchev–Trinajstić information content (AvgIpc) is 3.27. The minimum Gasteiger partial charge on any atom is -0.481 e. The van der Waals surface area contributed by atoms with Gasteiger partial charge in [-0.3, -0.25) is 9.38 Å². The molecule has 0 radical (unpaired) electrons. The lowest BCUT2D eigenvalue weighted by Crippen LogP contribution is -2.15. The molecule has 0 fully saturated rings. The molecule has 4 aromatic heterocycles. The number of fused-ring (bicyclic) bond motifs is 3. The van der Waals surface area contributed by atoms with E-state index in [1.807, 2.05) is 36.2 Å². The molecular weight excluding hydrogens is 404 g/mol. The van der Waals surface area contributed by atoms with Crippen LogP contribution in [-0.4, -0.2) is 48.7 Å². The zero-order valence-corrected chi connectivity index (χ0v) is 16.8. The number of benzene rings is 1. The van der Waals surface area contributed by atoms with Gasteiger partial charge in [0.05, 0.1) is 30.7 Å². The molecule has 148 valence electrons. The summed E-state index contributed by atoms with van der Waals surface area (Å²) in [4.78, 5) is 19.9. The van der Waals surface area contributed by atoms with Crippen LogP contribution in [0.25, 0.3) is 27.9 Å². The minimum atomic E-state index is 0.468.